The molecule has 0 atom stereocenters. The van der Waals surface area contributed by atoms with Crippen LogP contribution < -0.4 is 15.4 Å². The van der Waals surface area contributed by atoms with Gasteiger partial charge in [-0.25, -0.2) is 4.79 Å². The second-order valence-corrected chi connectivity index (χ2v) is 5.31. The Morgan fingerprint density at radius 3 is 2.96 bits per heavy atom. The molecular formula is C17H23N3O3. The third kappa shape index (κ3) is 5.32. The summed E-state index contributed by atoms with van der Waals surface area (Å²) in [4.78, 5) is 24.9. The summed E-state index contributed by atoms with van der Waals surface area (Å²) in [5, 5.41) is 5.42. The van der Waals surface area contributed by atoms with E-state index in [1.807, 2.05) is 29.2 Å². The van der Waals surface area contributed by atoms with Gasteiger partial charge in [-0.1, -0.05) is 18.2 Å². The van der Waals surface area contributed by atoms with Crippen LogP contribution in [0.1, 0.15) is 24.8 Å². The molecule has 1 aromatic carbocycles. The van der Waals surface area contributed by atoms with Crippen molar-refractivity contribution in [2.24, 2.45) is 0 Å². The van der Waals surface area contributed by atoms with Gasteiger partial charge in [0.2, 0.25) is 5.91 Å². The van der Waals surface area contributed by atoms with E-state index in [1.165, 1.54) is 0 Å². The highest BCUT2D eigenvalue weighted by atomic mass is 16.5. The molecular weight excluding hydrogens is 294 g/mol. The smallest absolute Gasteiger partial charge is 0.318 e. The normalized spacial score (nSPS) is 14.3. The Kier molecular flexibility index (Phi) is 6.47. The zero-order chi connectivity index (χ0) is 16.5. The number of hydrogen-bond donors (Lipinski definition) is 2. The number of carbonyl (C=O) groups is 2. The molecule has 23 heavy (non-hydrogen) atoms. The first-order valence-electron chi connectivity index (χ1n) is 7.82. The molecule has 0 aliphatic carbocycles. The van der Waals surface area contributed by atoms with E-state index in [1.54, 1.807) is 19.4 Å². The molecule has 1 aliphatic heterocycles. The maximum Gasteiger partial charge on any atom is 0.318 e. The number of hydrogen-bond acceptors (Lipinski definition) is 3. The summed E-state index contributed by atoms with van der Waals surface area (Å²) in [6.07, 6.45) is 5.72. The monoisotopic (exact) mass is 317 g/mol. The molecule has 0 spiro atoms. The lowest BCUT2D eigenvalue weighted by Crippen LogP contribution is -2.35. The number of rotatable bonds is 7. The number of nitrogens with zero attached hydrogens (tertiary/aromatic N) is 1. The minimum Gasteiger partial charge on any atom is -0.496 e. The van der Waals surface area contributed by atoms with Crippen molar-refractivity contribution in [1.29, 1.82) is 0 Å². The maximum absolute atomic E-state index is 11.7. The van der Waals surface area contributed by atoms with E-state index >= 15 is 0 Å². The number of amides is 3. The molecule has 124 valence electrons. The van der Waals surface area contributed by atoms with Crippen LogP contribution in [-0.4, -0.2) is 43.6 Å². The molecule has 1 fully saturated rings. The topological polar surface area (TPSA) is 70.7 Å². The fraction of sp³-hybridized carbons (Fsp3) is 0.412. The lowest BCUT2D eigenvalue weighted by atomic mass is 10.2. The van der Waals surface area contributed by atoms with Crippen molar-refractivity contribution >= 4 is 18.0 Å². The molecule has 0 aromatic heterocycles. The largest absolute Gasteiger partial charge is 0.496 e. The number of urea groups is 1. The maximum atomic E-state index is 11.7. The minimum atomic E-state index is -0.260. The first kappa shape index (κ1) is 16.9. The van der Waals surface area contributed by atoms with Crippen LogP contribution in [0, 0.1) is 0 Å². The van der Waals surface area contributed by atoms with Gasteiger partial charge in [-0.2, -0.15) is 0 Å². The van der Waals surface area contributed by atoms with Gasteiger partial charge in [-0.05, 0) is 25.0 Å². The van der Waals surface area contributed by atoms with Crippen LogP contribution >= 0.6 is 0 Å². The molecule has 1 aliphatic rings. The van der Waals surface area contributed by atoms with Crippen LogP contribution in [0.25, 0.3) is 6.08 Å². The van der Waals surface area contributed by atoms with Gasteiger partial charge >= 0.3 is 6.03 Å². The lowest BCUT2D eigenvalue weighted by molar-refractivity contribution is -0.127. The van der Waals surface area contributed by atoms with Gasteiger partial charge < -0.3 is 20.3 Å². The van der Waals surface area contributed by atoms with Crippen LogP contribution in [0.4, 0.5) is 4.79 Å². The van der Waals surface area contributed by atoms with Crippen molar-refractivity contribution in [1.82, 2.24) is 15.5 Å². The van der Waals surface area contributed by atoms with Crippen LogP contribution in [0.5, 0.6) is 5.75 Å². The number of likely N-dealkylation sites (tertiary alicyclic amines) is 1. The highest BCUT2D eigenvalue weighted by Gasteiger charge is 2.18. The third-order valence-corrected chi connectivity index (χ3v) is 3.68. The first-order chi connectivity index (χ1) is 11.2. The predicted molar refractivity (Wildman–Crippen MR) is 89.0 cm³/mol. The molecule has 0 unspecified atom stereocenters. The Balaban J connectivity index is 1.65. The van der Waals surface area contributed by atoms with Gasteiger partial charge in [0, 0.05) is 37.8 Å². The van der Waals surface area contributed by atoms with E-state index in [0.717, 1.165) is 30.7 Å². The summed E-state index contributed by atoms with van der Waals surface area (Å²) >= 11 is 0. The Morgan fingerprint density at radius 2 is 2.22 bits per heavy atom. The second-order valence-electron chi connectivity index (χ2n) is 5.31. The average Bonchev–Trinajstić information content (AvgIpc) is 2.97. The molecule has 0 saturated carbocycles. The van der Waals surface area contributed by atoms with E-state index in [0.29, 0.717) is 19.5 Å². The molecule has 1 heterocycles. The van der Waals surface area contributed by atoms with Gasteiger partial charge in [-0.3, -0.25) is 4.79 Å². The van der Waals surface area contributed by atoms with Crippen molar-refractivity contribution < 1.29 is 14.3 Å². The molecule has 2 N–H and O–H groups in total. The fourth-order valence-electron chi connectivity index (χ4n) is 2.47. The Hall–Kier alpha value is -2.50. The molecule has 1 saturated heterocycles. The highest BCUT2D eigenvalue weighted by Crippen LogP contribution is 2.18. The zero-order valence-corrected chi connectivity index (χ0v) is 13.4. The molecule has 3 amide bonds. The number of carbonyl (C=O) groups excluding carboxylic acids is 2. The molecule has 6 nitrogen and oxygen atoms in total. The zero-order valence-electron chi connectivity index (χ0n) is 13.4. The quantitative estimate of drug-likeness (QED) is 0.756. The molecule has 6 heteroatoms. The number of nitrogens with one attached hydrogen (secondary N) is 2. The van der Waals surface area contributed by atoms with Gasteiger partial charge in [0.15, 0.2) is 0 Å². The van der Waals surface area contributed by atoms with Crippen molar-refractivity contribution in [2.75, 3.05) is 26.7 Å². The summed E-state index contributed by atoms with van der Waals surface area (Å²) in [6.45, 7) is 2.08. The highest BCUT2D eigenvalue weighted by molar-refractivity contribution is 5.78. The van der Waals surface area contributed by atoms with Crippen molar-refractivity contribution in [2.45, 2.75) is 19.3 Å². The second kappa shape index (κ2) is 8.82. The molecule has 0 bridgehead atoms. The van der Waals surface area contributed by atoms with E-state index < -0.39 is 0 Å². The third-order valence-electron chi connectivity index (χ3n) is 3.68. The summed E-state index contributed by atoms with van der Waals surface area (Å²) < 4.78 is 5.23. The standard InChI is InChI=1S/C17H23N3O3/c1-23-15-7-3-2-6-14(15)9-11-19-17(22)18-10-5-13-20-12-4-8-16(20)21/h2-3,6-7,9,11H,4-5,8,10,12-13H2,1H3,(H2,18,19,22)/b11-9+. The van der Waals surface area contributed by atoms with Gasteiger partial charge in [0.05, 0.1) is 7.11 Å². The Bertz CT molecular complexity index is 572. The van der Waals surface area contributed by atoms with Crippen molar-refractivity contribution in [3.63, 3.8) is 0 Å². The number of ether oxygens (including phenoxy) is 1. The summed E-state index contributed by atoms with van der Waals surface area (Å²) in [5.74, 6) is 0.968. The minimum absolute atomic E-state index is 0.217. The van der Waals surface area contributed by atoms with Crippen LogP contribution in [0.15, 0.2) is 30.5 Å². The molecule has 2 rings (SSSR count). The van der Waals surface area contributed by atoms with Gasteiger partial charge in [0.25, 0.3) is 0 Å². The number of para-hydroxylation sites is 1. The number of methoxy groups -OCH3 is 1. The van der Waals surface area contributed by atoms with E-state index in [4.69, 9.17) is 4.74 Å². The number of benzene rings is 1. The molecule has 1 aromatic rings. The predicted octanol–water partition coefficient (Wildman–Crippen LogP) is 1.98. The summed E-state index contributed by atoms with van der Waals surface area (Å²) in [6, 6.07) is 7.30. The van der Waals surface area contributed by atoms with E-state index in [2.05, 4.69) is 10.6 Å². The van der Waals surface area contributed by atoms with E-state index in [9.17, 15) is 9.59 Å². The van der Waals surface area contributed by atoms with Crippen LogP contribution in [0.3, 0.4) is 0 Å². The summed E-state index contributed by atoms with van der Waals surface area (Å²) in [7, 11) is 1.61. The van der Waals surface area contributed by atoms with Gasteiger partial charge in [0.1, 0.15) is 5.75 Å². The lowest BCUT2D eigenvalue weighted by Gasteiger charge is -2.15. The average molecular weight is 317 g/mol. The van der Waals surface area contributed by atoms with Crippen LogP contribution in [-0.2, 0) is 4.79 Å². The summed E-state index contributed by atoms with van der Waals surface area (Å²) in [5.41, 5.74) is 0.892. The van der Waals surface area contributed by atoms with Crippen LogP contribution in [0.2, 0.25) is 0 Å². The first-order valence-corrected chi connectivity index (χ1v) is 7.82. The molecule has 0 radical (unpaired) electrons. The van der Waals surface area contributed by atoms with Crippen molar-refractivity contribution in [3.05, 3.63) is 36.0 Å². The van der Waals surface area contributed by atoms with Gasteiger partial charge in [-0.15, -0.1) is 0 Å². The SMILES string of the molecule is COc1ccccc1/C=C/NC(=O)NCCCN1CCCC1=O. The Labute approximate surface area is 136 Å². The van der Waals surface area contributed by atoms with E-state index in [-0.39, 0.29) is 11.9 Å². The Morgan fingerprint density at radius 1 is 1.39 bits per heavy atom. The fourth-order valence-corrected chi connectivity index (χ4v) is 2.47. The van der Waals surface area contributed by atoms with Crippen molar-refractivity contribution in [3.8, 4) is 5.75 Å².